The highest BCUT2D eigenvalue weighted by molar-refractivity contribution is 5.73. The van der Waals surface area contributed by atoms with Gasteiger partial charge in [0.2, 0.25) is 5.89 Å². The zero-order valence-corrected chi connectivity index (χ0v) is 15.8. The summed E-state index contributed by atoms with van der Waals surface area (Å²) in [6.07, 6.45) is 3.13. The molecule has 3 atom stereocenters. The minimum atomic E-state index is -5.08. The molecule has 28 heavy (non-hydrogen) atoms. The molecule has 158 valence electrons. The van der Waals surface area contributed by atoms with Crippen LogP contribution in [0.5, 0.6) is 0 Å². The number of piperidine rings is 1. The van der Waals surface area contributed by atoms with E-state index in [1.807, 2.05) is 6.92 Å². The molecule has 1 aliphatic carbocycles. The van der Waals surface area contributed by atoms with Gasteiger partial charge in [0, 0.05) is 25.7 Å². The molecule has 4 rings (SSSR count). The first-order valence-electron chi connectivity index (χ1n) is 9.70. The van der Waals surface area contributed by atoms with E-state index in [2.05, 4.69) is 15.0 Å². The van der Waals surface area contributed by atoms with Crippen molar-refractivity contribution < 1.29 is 32.3 Å². The van der Waals surface area contributed by atoms with E-state index >= 15 is 0 Å². The van der Waals surface area contributed by atoms with Crippen LogP contribution in [0, 0.1) is 12.8 Å². The zero-order valence-electron chi connectivity index (χ0n) is 15.8. The zero-order chi connectivity index (χ0) is 20.3. The number of likely N-dealkylation sites (tertiary alicyclic amines) is 1. The van der Waals surface area contributed by atoms with Crippen LogP contribution in [-0.4, -0.2) is 64.1 Å². The molecule has 0 amide bonds. The van der Waals surface area contributed by atoms with Crippen molar-refractivity contribution in [1.82, 2.24) is 15.0 Å². The Morgan fingerprint density at radius 2 is 1.96 bits per heavy atom. The van der Waals surface area contributed by atoms with E-state index in [0.717, 1.165) is 37.2 Å². The van der Waals surface area contributed by atoms with Crippen molar-refractivity contribution in [2.75, 3.05) is 19.7 Å². The molecule has 1 aromatic heterocycles. The molecular weight excluding hydrogens is 379 g/mol. The van der Waals surface area contributed by atoms with Crippen molar-refractivity contribution in [3.8, 4) is 0 Å². The van der Waals surface area contributed by atoms with Crippen LogP contribution in [0.4, 0.5) is 13.2 Å². The number of carbonyl (C=O) groups is 1. The van der Waals surface area contributed by atoms with Crippen LogP contribution < -0.4 is 0 Å². The second-order valence-corrected chi connectivity index (χ2v) is 7.79. The smallest absolute Gasteiger partial charge is 0.475 e. The van der Waals surface area contributed by atoms with Gasteiger partial charge in [-0.1, -0.05) is 18.0 Å². The first-order valence-corrected chi connectivity index (χ1v) is 9.70. The van der Waals surface area contributed by atoms with E-state index in [0.29, 0.717) is 18.1 Å². The van der Waals surface area contributed by atoms with E-state index in [4.69, 9.17) is 19.2 Å². The summed E-state index contributed by atoms with van der Waals surface area (Å²) in [6.45, 7) is 5.09. The number of alkyl halides is 3. The number of fused-ring (bicyclic) bond motifs is 1. The third-order valence-corrected chi connectivity index (χ3v) is 5.72. The fourth-order valence-corrected chi connectivity index (χ4v) is 4.45. The Hall–Kier alpha value is -1.68. The van der Waals surface area contributed by atoms with Gasteiger partial charge >= 0.3 is 12.1 Å². The second kappa shape index (κ2) is 8.77. The van der Waals surface area contributed by atoms with Gasteiger partial charge in [0.1, 0.15) is 0 Å². The predicted octanol–water partition coefficient (Wildman–Crippen LogP) is 3.15. The highest BCUT2D eigenvalue weighted by atomic mass is 19.4. The molecule has 3 aliphatic rings. The van der Waals surface area contributed by atoms with Gasteiger partial charge in [-0.15, -0.1) is 0 Å². The van der Waals surface area contributed by atoms with Crippen LogP contribution in [0.3, 0.4) is 0 Å². The molecular formula is C18H26F3N3O4. The van der Waals surface area contributed by atoms with Crippen LogP contribution in [-0.2, 0) is 9.53 Å². The van der Waals surface area contributed by atoms with Crippen molar-refractivity contribution in [2.45, 2.75) is 69.7 Å². The SMILES string of the molecule is Cc1noc([C@@H]2C[C@H]3OCC[C@H]3N(CC3CCCC3)C2)n1.O=C(O)C(F)(F)F. The van der Waals surface area contributed by atoms with Crippen molar-refractivity contribution in [3.05, 3.63) is 11.7 Å². The summed E-state index contributed by atoms with van der Waals surface area (Å²) in [5.74, 6) is 0.00792. The highest BCUT2D eigenvalue weighted by Gasteiger charge is 2.42. The number of carboxylic acid groups (broad SMARTS) is 1. The molecule has 1 saturated carbocycles. The van der Waals surface area contributed by atoms with E-state index in [-0.39, 0.29) is 0 Å². The summed E-state index contributed by atoms with van der Waals surface area (Å²) in [7, 11) is 0. The average molecular weight is 405 g/mol. The Morgan fingerprint density at radius 3 is 2.54 bits per heavy atom. The lowest BCUT2D eigenvalue weighted by Crippen LogP contribution is -2.50. The summed E-state index contributed by atoms with van der Waals surface area (Å²) in [5, 5.41) is 11.1. The number of aromatic nitrogens is 2. The second-order valence-electron chi connectivity index (χ2n) is 7.79. The maximum absolute atomic E-state index is 10.6. The summed E-state index contributed by atoms with van der Waals surface area (Å²) < 4.78 is 43.1. The van der Waals surface area contributed by atoms with Crippen molar-refractivity contribution >= 4 is 5.97 Å². The minimum Gasteiger partial charge on any atom is -0.475 e. The third kappa shape index (κ3) is 5.22. The molecule has 0 aromatic carbocycles. The molecule has 0 radical (unpaired) electrons. The molecule has 3 fully saturated rings. The number of rotatable bonds is 3. The molecule has 7 nitrogen and oxygen atoms in total. The maximum atomic E-state index is 10.6. The van der Waals surface area contributed by atoms with Gasteiger partial charge in [0.05, 0.1) is 12.0 Å². The van der Waals surface area contributed by atoms with E-state index in [9.17, 15) is 13.2 Å². The first-order chi connectivity index (χ1) is 13.2. The van der Waals surface area contributed by atoms with Crippen LogP contribution in [0.1, 0.15) is 56.2 Å². The van der Waals surface area contributed by atoms with Crippen LogP contribution in [0.2, 0.25) is 0 Å². The fourth-order valence-electron chi connectivity index (χ4n) is 4.45. The molecule has 1 N–H and O–H groups in total. The Kier molecular flexibility index (Phi) is 6.59. The van der Waals surface area contributed by atoms with Gasteiger partial charge in [-0.25, -0.2) is 4.79 Å². The molecule has 3 heterocycles. The van der Waals surface area contributed by atoms with Crippen molar-refractivity contribution in [1.29, 1.82) is 0 Å². The van der Waals surface area contributed by atoms with Crippen LogP contribution >= 0.6 is 0 Å². The number of ether oxygens (including phenoxy) is 1. The van der Waals surface area contributed by atoms with Gasteiger partial charge in [-0.2, -0.15) is 18.2 Å². The number of halogens is 3. The van der Waals surface area contributed by atoms with E-state index in [1.165, 1.54) is 38.6 Å². The highest BCUT2D eigenvalue weighted by Crippen LogP contribution is 2.37. The largest absolute Gasteiger partial charge is 0.490 e. The average Bonchev–Trinajstić information content (AvgIpc) is 3.35. The first kappa shape index (κ1) is 21.0. The number of aryl methyl sites for hydroxylation is 1. The lowest BCUT2D eigenvalue weighted by molar-refractivity contribution is -0.192. The number of hydrogen-bond donors (Lipinski definition) is 1. The number of nitrogens with zero attached hydrogens (tertiary/aromatic N) is 3. The Bertz CT molecular complexity index is 661. The molecule has 1 aromatic rings. The van der Waals surface area contributed by atoms with E-state index < -0.39 is 12.1 Å². The van der Waals surface area contributed by atoms with Crippen molar-refractivity contribution in [2.24, 2.45) is 5.92 Å². The quantitative estimate of drug-likeness (QED) is 0.826. The molecule has 2 saturated heterocycles. The number of carboxylic acids is 1. The summed E-state index contributed by atoms with van der Waals surface area (Å²) >= 11 is 0. The van der Waals surface area contributed by atoms with Gasteiger partial charge in [0.15, 0.2) is 5.82 Å². The summed E-state index contributed by atoms with van der Waals surface area (Å²) in [4.78, 5) is 16.0. The monoisotopic (exact) mass is 405 g/mol. The van der Waals surface area contributed by atoms with E-state index in [1.54, 1.807) is 0 Å². The van der Waals surface area contributed by atoms with Crippen LogP contribution in [0.15, 0.2) is 4.52 Å². The number of hydrogen-bond acceptors (Lipinski definition) is 6. The lowest BCUT2D eigenvalue weighted by Gasteiger charge is -2.40. The van der Waals surface area contributed by atoms with Crippen LogP contribution in [0.25, 0.3) is 0 Å². The van der Waals surface area contributed by atoms with Gasteiger partial charge in [0.25, 0.3) is 0 Å². The third-order valence-electron chi connectivity index (χ3n) is 5.72. The van der Waals surface area contributed by atoms with Gasteiger partial charge in [-0.05, 0) is 38.5 Å². The fraction of sp³-hybridized carbons (Fsp3) is 0.833. The molecule has 10 heteroatoms. The molecule has 0 bridgehead atoms. The normalized spacial score (nSPS) is 28.6. The minimum absolute atomic E-state index is 0.340. The Morgan fingerprint density at radius 1 is 1.29 bits per heavy atom. The predicted molar refractivity (Wildman–Crippen MR) is 91.8 cm³/mol. The Balaban J connectivity index is 0.000000279. The summed E-state index contributed by atoms with van der Waals surface area (Å²) in [6, 6.07) is 0.617. The molecule has 0 unspecified atom stereocenters. The molecule has 2 aliphatic heterocycles. The van der Waals surface area contributed by atoms with Gasteiger partial charge < -0.3 is 14.4 Å². The summed E-state index contributed by atoms with van der Waals surface area (Å²) in [5.41, 5.74) is 0. The standard InChI is InChI=1S/C16H25N3O2.C2HF3O2/c1-11-17-16(21-18-11)13-8-15-14(6-7-20-15)19(10-13)9-12-4-2-3-5-12;3-2(4,5)1(6)7/h12-15H,2-10H2,1H3;(H,6,7)/t13-,14-,15-;/m1./s1. The van der Waals surface area contributed by atoms with Gasteiger partial charge in [-0.3, -0.25) is 4.90 Å². The number of aliphatic carboxylic acids is 1. The lowest BCUT2D eigenvalue weighted by atomic mass is 9.89. The van der Waals surface area contributed by atoms with Crippen molar-refractivity contribution in [3.63, 3.8) is 0 Å². The Labute approximate surface area is 161 Å². The maximum Gasteiger partial charge on any atom is 0.490 e. The topological polar surface area (TPSA) is 88.7 Å². The molecule has 0 spiro atoms.